The maximum Gasteiger partial charge on any atom is 0.130 e. The van der Waals surface area contributed by atoms with Crippen LogP contribution in [0.15, 0.2) is 18.2 Å². The van der Waals surface area contributed by atoms with Gasteiger partial charge < -0.3 is 10.1 Å². The van der Waals surface area contributed by atoms with Gasteiger partial charge in [0.25, 0.3) is 0 Å². The van der Waals surface area contributed by atoms with Crippen molar-refractivity contribution < 1.29 is 13.5 Å². The number of rotatable bonds is 5. The van der Waals surface area contributed by atoms with Crippen molar-refractivity contribution in [1.82, 2.24) is 10.2 Å². The molecule has 2 atom stereocenters. The van der Waals surface area contributed by atoms with E-state index in [9.17, 15) is 8.78 Å². The molecule has 1 saturated heterocycles. The second-order valence-corrected chi connectivity index (χ2v) is 5.15. The smallest absolute Gasteiger partial charge is 0.130 e. The van der Waals surface area contributed by atoms with E-state index < -0.39 is 11.6 Å². The van der Waals surface area contributed by atoms with Gasteiger partial charge in [0.05, 0.1) is 12.7 Å². The summed E-state index contributed by atoms with van der Waals surface area (Å²) in [5, 5.41) is 3.16. The zero-order valence-electron chi connectivity index (χ0n) is 12.0. The number of likely N-dealkylation sites (N-methyl/N-ethyl adjacent to an activating group) is 1. The van der Waals surface area contributed by atoms with Gasteiger partial charge in [-0.25, -0.2) is 8.78 Å². The third kappa shape index (κ3) is 3.75. The Kier molecular flexibility index (Phi) is 5.46. The lowest BCUT2D eigenvalue weighted by Crippen LogP contribution is -2.46. The van der Waals surface area contributed by atoms with Crippen LogP contribution in [0.1, 0.15) is 25.5 Å². The van der Waals surface area contributed by atoms with Gasteiger partial charge in [0.2, 0.25) is 0 Å². The van der Waals surface area contributed by atoms with Crippen molar-refractivity contribution in [2.75, 3.05) is 32.8 Å². The number of halogens is 2. The largest absolute Gasteiger partial charge is 0.374 e. The molecule has 5 heteroatoms. The topological polar surface area (TPSA) is 24.5 Å². The Morgan fingerprint density at radius 1 is 1.40 bits per heavy atom. The first kappa shape index (κ1) is 15.4. The molecule has 1 heterocycles. The fourth-order valence-corrected chi connectivity index (χ4v) is 2.53. The van der Waals surface area contributed by atoms with Crippen LogP contribution in [-0.2, 0) is 4.74 Å². The van der Waals surface area contributed by atoms with E-state index in [0.29, 0.717) is 13.2 Å². The molecular formula is C15H22F2N2O. The van der Waals surface area contributed by atoms with Crippen LogP contribution in [0.5, 0.6) is 0 Å². The standard InChI is InChI=1S/C15H22F2N2O/c1-3-19-7-8-20-12(10-19)9-18-11(2)15-13(16)5-4-6-14(15)17/h4-6,11-12,18H,3,7-10H2,1-2H3. The third-order valence-electron chi connectivity index (χ3n) is 3.75. The highest BCUT2D eigenvalue weighted by molar-refractivity contribution is 5.22. The number of hydrogen-bond donors (Lipinski definition) is 1. The van der Waals surface area contributed by atoms with Gasteiger partial charge in [-0.3, -0.25) is 4.90 Å². The maximum absolute atomic E-state index is 13.7. The predicted molar refractivity (Wildman–Crippen MR) is 74.6 cm³/mol. The minimum atomic E-state index is -0.509. The van der Waals surface area contributed by atoms with Crippen LogP contribution in [0.2, 0.25) is 0 Å². The monoisotopic (exact) mass is 284 g/mol. The van der Waals surface area contributed by atoms with Crippen LogP contribution < -0.4 is 5.32 Å². The van der Waals surface area contributed by atoms with Gasteiger partial charge in [0, 0.05) is 31.2 Å². The molecule has 1 aromatic carbocycles. The summed E-state index contributed by atoms with van der Waals surface area (Å²) in [4.78, 5) is 2.31. The van der Waals surface area contributed by atoms with E-state index in [2.05, 4.69) is 17.1 Å². The molecule has 0 bridgehead atoms. The van der Waals surface area contributed by atoms with Gasteiger partial charge in [-0.2, -0.15) is 0 Å². The van der Waals surface area contributed by atoms with E-state index in [-0.39, 0.29) is 17.7 Å². The first-order valence-corrected chi connectivity index (χ1v) is 7.13. The van der Waals surface area contributed by atoms with Crippen LogP contribution in [0.3, 0.4) is 0 Å². The van der Waals surface area contributed by atoms with Crippen molar-refractivity contribution >= 4 is 0 Å². The fraction of sp³-hybridized carbons (Fsp3) is 0.600. The summed E-state index contributed by atoms with van der Waals surface area (Å²) in [7, 11) is 0. The second kappa shape index (κ2) is 7.11. The lowest BCUT2D eigenvalue weighted by atomic mass is 10.1. The molecule has 1 aliphatic heterocycles. The zero-order chi connectivity index (χ0) is 14.5. The van der Waals surface area contributed by atoms with Crippen LogP contribution in [0, 0.1) is 11.6 Å². The van der Waals surface area contributed by atoms with Crippen molar-refractivity contribution in [3.63, 3.8) is 0 Å². The molecule has 2 unspecified atom stereocenters. The summed E-state index contributed by atoms with van der Waals surface area (Å²) < 4.78 is 33.0. The van der Waals surface area contributed by atoms with Crippen molar-refractivity contribution in [2.24, 2.45) is 0 Å². The average molecular weight is 284 g/mol. The molecule has 112 valence electrons. The van der Waals surface area contributed by atoms with Gasteiger partial charge in [-0.05, 0) is 25.6 Å². The first-order chi connectivity index (χ1) is 9.61. The van der Waals surface area contributed by atoms with Crippen molar-refractivity contribution in [3.05, 3.63) is 35.4 Å². The highest BCUT2D eigenvalue weighted by Gasteiger charge is 2.21. The van der Waals surface area contributed by atoms with Crippen molar-refractivity contribution in [1.29, 1.82) is 0 Å². The quantitative estimate of drug-likeness (QED) is 0.898. The molecule has 1 fully saturated rings. The second-order valence-electron chi connectivity index (χ2n) is 5.15. The van der Waals surface area contributed by atoms with Gasteiger partial charge >= 0.3 is 0 Å². The molecule has 0 amide bonds. The van der Waals surface area contributed by atoms with Crippen molar-refractivity contribution in [3.8, 4) is 0 Å². The number of hydrogen-bond acceptors (Lipinski definition) is 3. The van der Waals surface area contributed by atoms with Crippen LogP contribution in [0.25, 0.3) is 0 Å². The molecule has 0 aliphatic carbocycles. The summed E-state index contributed by atoms with van der Waals surface area (Å²) in [6, 6.07) is 3.57. The van der Waals surface area contributed by atoms with Gasteiger partial charge in [0.15, 0.2) is 0 Å². The van der Waals surface area contributed by atoms with E-state index in [1.54, 1.807) is 6.92 Å². The molecule has 1 aromatic rings. The number of nitrogens with zero attached hydrogens (tertiary/aromatic N) is 1. The Morgan fingerprint density at radius 2 is 2.10 bits per heavy atom. The third-order valence-corrected chi connectivity index (χ3v) is 3.75. The zero-order valence-corrected chi connectivity index (χ0v) is 12.0. The number of nitrogens with one attached hydrogen (secondary N) is 1. The average Bonchev–Trinajstić information content (AvgIpc) is 2.45. The molecule has 1 aliphatic rings. The SMILES string of the molecule is CCN1CCOC(CNC(C)c2c(F)cccc2F)C1. The summed E-state index contributed by atoms with van der Waals surface area (Å²) in [6.45, 7) is 7.99. The highest BCUT2D eigenvalue weighted by atomic mass is 19.1. The fourth-order valence-electron chi connectivity index (χ4n) is 2.53. The molecular weight excluding hydrogens is 262 g/mol. The lowest BCUT2D eigenvalue weighted by Gasteiger charge is -2.32. The van der Waals surface area contributed by atoms with Crippen LogP contribution >= 0.6 is 0 Å². The number of benzene rings is 1. The molecule has 0 saturated carbocycles. The van der Waals surface area contributed by atoms with Crippen molar-refractivity contribution in [2.45, 2.75) is 26.0 Å². The van der Waals surface area contributed by atoms with E-state index in [1.807, 2.05) is 0 Å². The molecule has 0 radical (unpaired) electrons. The summed E-state index contributed by atoms with van der Waals surface area (Å²) in [5.41, 5.74) is 0.0932. The van der Waals surface area contributed by atoms with E-state index in [0.717, 1.165) is 19.6 Å². The minimum Gasteiger partial charge on any atom is -0.374 e. The van der Waals surface area contributed by atoms with E-state index in [1.165, 1.54) is 18.2 Å². The first-order valence-electron chi connectivity index (χ1n) is 7.13. The molecule has 3 nitrogen and oxygen atoms in total. The number of morpholine rings is 1. The molecule has 20 heavy (non-hydrogen) atoms. The van der Waals surface area contributed by atoms with E-state index in [4.69, 9.17) is 4.74 Å². The highest BCUT2D eigenvalue weighted by Crippen LogP contribution is 2.20. The molecule has 2 rings (SSSR count). The van der Waals surface area contributed by atoms with E-state index >= 15 is 0 Å². The van der Waals surface area contributed by atoms with Crippen LogP contribution in [-0.4, -0.2) is 43.8 Å². The van der Waals surface area contributed by atoms with Gasteiger partial charge in [-0.1, -0.05) is 13.0 Å². The normalized spacial score (nSPS) is 21.9. The Bertz CT molecular complexity index is 422. The molecule has 0 aromatic heterocycles. The van der Waals surface area contributed by atoms with Crippen LogP contribution in [0.4, 0.5) is 8.78 Å². The maximum atomic E-state index is 13.7. The number of ether oxygens (including phenoxy) is 1. The molecule has 1 N–H and O–H groups in total. The Balaban J connectivity index is 1.90. The predicted octanol–water partition coefficient (Wildman–Crippen LogP) is 2.34. The Morgan fingerprint density at radius 3 is 2.75 bits per heavy atom. The summed E-state index contributed by atoms with van der Waals surface area (Å²) in [6.07, 6.45) is 0.0704. The van der Waals surface area contributed by atoms with Gasteiger partial charge in [0.1, 0.15) is 11.6 Å². The summed E-state index contributed by atoms with van der Waals surface area (Å²) >= 11 is 0. The molecule has 0 spiro atoms. The lowest BCUT2D eigenvalue weighted by molar-refractivity contribution is -0.0262. The Labute approximate surface area is 118 Å². The Hall–Kier alpha value is -1.04. The van der Waals surface area contributed by atoms with Gasteiger partial charge in [-0.15, -0.1) is 0 Å². The minimum absolute atomic E-state index is 0.0704. The summed E-state index contributed by atoms with van der Waals surface area (Å²) in [5.74, 6) is -1.02.